The van der Waals surface area contributed by atoms with Crippen LogP contribution in [0.15, 0.2) is 30.3 Å². The summed E-state index contributed by atoms with van der Waals surface area (Å²) in [6, 6.07) is 9.08. The Kier molecular flexibility index (Phi) is 3.38. The van der Waals surface area contributed by atoms with Crippen molar-refractivity contribution in [1.82, 2.24) is 10.2 Å². The van der Waals surface area contributed by atoms with Crippen molar-refractivity contribution in [2.75, 3.05) is 5.32 Å². The summed E-state index contributed by atoms with van der Waals surface area (Å²) >= 11 is 4.84. The van der Waals surface area contributed by atoms with E-state index in [4.69, 9.17) is 17.3 Å². The smallest absolute Gasteiger partial charge is 0.338 e. The normalized spacial score (nSPS) is 10.1. The fraction of sp³-hybridized carbons (Fsp3) is 0.0833. The van der Waals surface area contributed by atoms with Crippen LogP contribution in [0.2, 0.25) is 0 Å². The molecular weight excluding hydrogens is 250 g/mol. The second-order valence-corrected chi connectivity index (χ2v) is 4.20. The van der Waals surface area contributed by atoms with Crippen LogP contribution < -0.4 is 5.32 Å². The quantitative estimate of drug-likeness (QED) is 0.740. The van der Waals surface area contributed by atoms with E-state index in [9.17, 15) is 4.79 Å². The molecule has 5 nitrogen and oxygen atoms in total. The number of anilines is 2. The minimum absolute atomic E-state index is 0.0228. The molecule has 0 aliphatic heterocycles. The number of aryl methyl sites for hydroxylation is 1. The lowest BCUT2D eigenvalue weighted by Crippen LogP contribution is -2.03. The molecule has 2 rings (SSSR count). The zero-order valence-corrected chi connectivity index (χ0v) is 10.4. The number of aromatic nitrogens is 2. The fourth-order valence-corrected chi connectivity index (χ4v) is 1.61. The van der Waals surface area contributed by atoms with E-state index in [-0.39, 0.29) is 10.2 Å². The van der Waals surface area contributed by atoms with E-state index >= 15 is 0 Å². The van der Waals surface area contributed by atoms with Crippen LogP contribution >= 0.6 is 12.2 Å². The van der Waals surface area contributed by atoms with Crippen molar-refractivity contribution in [2.45, 2.75) is 6.92 Å². The van der Waals surface area contributed by atoms with Crippen LogP contribution in [0.25, 0.3) is 0 Å². The highest BCUT2D eigenvalue weighted by molar-refractivity contribution is 7.71. The van der Waals surface area contributed by atoms with Gasteiger partial charge in [-0.15, -0.1) is 0 Å². The van der Waals surface area contributed by atoms with Gasteiger partial charge in [-0.2, -0.15) is 5.10 Å². The van der Waals surface area contributed by atoms with Crippen LogP contribution in [-0.2, 0) is 0 Å². The van der Waals surface area contributed by atoms with E-state index in [1.165, 1.54) is 6.07 Å². The highest BCUT2D eigenvalue weighted by Gasteiger charge is 2.07. The number of nitrogens with zero attached hydrogens (tertiary/aromatic N) is 1. The van der Waals surface area contributed by atoms with Gasteiger partial charge in [-0.05, 0) is 19.1 Å². The van der Waals surface area contributed by atoms with E-state index in [0.29, 0.717) is 5.82 Å². The van der Waals surface area contributed by atoms with Gasteiger partial charge in [0.25, 0.3) is 0 Å². The fourth-order valence-electron chi connectivity index (χ4n) is 1.41. The van der Waals surface area contributed by atoms with Crippen molar-refractivity contribution >= 4 is 29.7 Å². The number of nitrogens with one attached hydrogen (secondary N) is 2. The third-order valence-electron chi connectivity index (χ3n) is 2.36. The molecule has 0 aliphatic carbocycles. The van der Waals surface area contributed by atoms with Gasteiger partial charge in [0.05, 0.1) is 5.56 Å². The SMILES string of the molecule is Cc1ccc(Nc2cc(C(=O)O)c(=S)[nH]n2)cc1. The molecule has 1 aromatic carbocycles. The van der Waals surface area contributed by atoms with Crippen LogP contribution in [0, 0.1) is 11.6 Å². The third kappa shape index (κ3) is 2.72. The summed E-state index contributed by atoms with van der Waals surface area (Å²) in [7, 11) is 0. The van der Waals surface area contributed by atoms with Crippen LogP contribution in [0.1, 0.15) is 15.9 Å². The summed E-state index contributed by atoms with van der Waals surface area (Å²) in [5, 5.41) is 18.4. The maximum atomic E-state index is 10.9. The summed E-state index contributed by atoms with van der Waals surface area (Å²) in [6.45, 7) is 1.99. The minimum Gasteiger partial charge on any atom is -0.478 e. The van der Waals surface area contributed by atoms with Crippen LogP contribution in [0.5, 0.6) is 0 Å². The molecule has 0 radical (unpaired) electrons. The molecule has 0 fully saturated rings. The van der Waals surface area contributed by atoms with Gasteiger partial charge in [-0.25, -0.2) is 4.79 Å². The molecule has 6 heteroatoms. The third-order valence-corrected chi connectivity index (χ3v) is 2.67. The first-order valence-electron chi connectivity index (χ1n) is 5.23. The monoisotopic (exact) mass is 261 g/mol. The van der Waals surface area contributed by atoms with E-state index in [0.717, 1.165) is 11.3 Å². The standard InChI is InChI=1S/C12H11N3O2S/c1-7-2-4-8(5-3-7)13-10-6-9(12(16)17)11(18)15-14-10/h2-6H,1H3,(H,13,14)(H,15,18)(H,16,17). The second kappa shape index (κ2) is 4.97. The van der Waals surface area contributed by atoms with Crippen molar-refractivity contribution in [3.05, 3.63) is 46.1 Å². The minimum atomic E-state index is -1.08. The molecule has 0 saturated carbocycles. The number of carboxylic acid groups (broad SMARTS) is 1. The zero-order valence-electron chi connectivity index (χ0n) is 9.60. The lowest BCUT2D eigenvalue weighted by atomic mass is 10.2. The van der Waals surface area contributed by atoms with Crippen molar-refractivity contribution < 1.29 is 9.90 Å². The molecule has 0 atom stereocenters. The lowest BCUT2D eigenvalue weighted by Gasteiger charge is -2.06. The van der Waals surface area contributed by atoms with Gasteiger partial charge in [0.1, 0.15) is 4.64 Å². The van der Waals surface area contributed by atoms with Crippen molar-refractivity contribution in [1.29, 1.82) is 0 Å². The van der Waals surface area contributed by atoms with E-state index < -0.39 is 5.97 Å². The Bertz CT molecular complexity index is 635. The van der Waals surface area contributed by atoms with Gasteiger partial charge in [-0.1, -0.05) is 29.9 Å². The predicted molar refractivity (Wildman–Crippen MR) is 70.8 cm³/mol. The molecule has 92 valence electrons. The van der Waals surface area contributed by atoms with Gasteiger partial charge >= 0.3 is 5.97 Å². The number of hydrogen-bond donors (Lipinski definition) is 3. The summed E-state index contributed by atoms with van der Waals surface area (Å²) in [4.78, 5) is 10.9. The highest BCUT2D eigenvalue weighted by Crippen LogP contribution is 2.15. The summed E-state index contributed by atoms with van der Waals surface area (Å²) in [6.07, 6.45) is 0. The zero-order chi connectivity index (χ0) is 13.1. The highest BCUT2D eigenvalue weighted by atomic mass is 32.1. The molecule has 0 spiro atoms. The number of benzene rings is 1. The van der Waals surface area contributed by atoms with E-state index in [1.54, 1.807) is 0 Å². The molecule has 0 aliphatic rings. The van der Waals surface area contributed by atoms with Gasteiger partial charge in [0.15, 0.2) is 5.82 Å². The molecule has 1 heterocycles. The Morgan fingerprint density at radius 3 is 2.67 bits per heavy atom. The predicted octanol–water partition coefficient (Wildman–Crippen LogP) is 2.89. The molecule has 3 N–H and O–H groups in total. The lowest BCUT2D eigenvalue weighted by molar-refractivity contribution is 0.0695. The summed E-state index contributed by atoms with van der Waals surface area (Å²) in [5.41, 5.74) is 2.00. The number of carbonyl (C=O) groups is 1. The maximum Gasteiger partial charge on any atom is 0.338 e. The molecular formula is C12H11N3O2S. The number of rotatable bonds is 3. The second-order valence-electron chi connectivity index (χ2n) is 3.79. The summed E-state index contributed by atoms with van der Waals surface area (Å²) in [5.74, 6) is -0.671. The first-order chi connectivity index (χ1) is 8.56. The number of H-pyrrole nitrogens is 1. The Labute approximate surface area is 108 Å². The number of aromatic amines is 1. The molecule has 2 aromatic rings. The van der Waals surface area contributed by atoms with Gasteiger partial charge in [0.2, 0.25) is 0 Å². The van der Waals surface area contributed by atoms with Crippen molar-refractivity contribution in [2.24, 2.45) is 0 Å². The average Bonchev–Trinajstić information content (AvgIpc) is 2.34. The molecule has 0 amide bonds. The largest absolute Gasteiger partial charge is 0.478 e. The average molecular weight is 261 g/mol. The van der Waals surface area contributed by atoms with Crippen LogP contribution in [-0.4, -0.2) is 21.3 Å². The van der Waals surface area contributed by atoms with Crippen LogP contribution in [0.4, 0.5) is 11.5 Å². The summed E-state index contributed by atoms with van der Waals surface area (Å²) < 4.78 is 0.108. The van der Waals surface area contributed by atoms with E-state index in [1.807, 2.05) is 31.2 Å². The molecule has 0 bridgehead atoms. The number of aromatic carboxylic acids is 1. The van der Waals surface area contributed by atoms with E-state index in [2.05, 4.69) is 15.5 Å². The van der Waals surface area contributed by atoms with Gasteiger partial charge in [0, 0.05) is 11.8 Å². The first kappa shape index (κ1) is 12.3. The molecule has 18 heavy (non-hydrogen) atoms. The Hall–Kier alpha value is -2.21. The van der Waals surface area contributed by atoms with Gasteiger partial charge < -0.3 is 10.4 Å². The molecule has 0 unspecified atom stereocenters. The molecule has 0 saturated heterocycles. The topological polar surface area (TPSA) is 78.0 Å². The number of carboxylic acids is 1. The number of hydrogen-bond acceptors (Lipinski definition) is 4. The Morgan fingerprint density at radius 2 is 2.06 bits per heavy atom. The van der Waals surface area contributed by atoms with Crippen LogP contribution in [0.3, 0.4) is 0 Å². The molecule has 1 aromatic heterocycles. The van der Waals surface area contributed by atoms with Crippen molar-refractivity contribution in [3.8, 4) is 0 Å². The Balaban J connectivity index is 2.30. The Morgan fingerprint density at radius 1 is 1.39 bits per heavy atom. The first-order valence-corrected chi connectivity index (χ1v) is 5.64. The maximum absolute atomic E-state index is 10.9. The van der Waals surface area contributed by atoms with Gasteiger partial charge in [-0.3, -0.25) is 5.10 Å². The van der Waals surface area contributed by atoms with Crippen molar-refractivity contribution in [3.63, 3.8) is 0 Å².